The number of nitriles is 1. The maximum atomic E-state index is 11.9. The number of fused-ring (bicyclic) bond motifs is 1. The SMILES string of the molecule is COC(=O)c1[nH]ncc1-c1c(C#N)c(N)nc2c1CSC2C. The van der Waals surface area contributed by atoms with Gasteiger partial charge in [-0.1, -0.05) is 0 Å². The van der Waals surface area contributed by atoms with Crippen molar-refractivity contribution in [2.45, 2.75) is 17.9 Å². The van der Waals surface area contributed by atoms with E-state index in [2.05, 4.69) is 21.3 Å². The maximum absolute atomic E-state index is 11.9. The molecule has 3 N–H and O–H groups in total. The molecule has 3 heterocycles. The molecule has 22 heavy (non-hydrogen) atoms. The number of esters is 1. The molecule has 2 aromatic heterocycles. The molecule has 0 spiro atoms. The molecule has 8 heteroatoms. The van der Waals surface area contributed by atoms with Gasteiger partial charge in [-0.05, 0) is 12.5 Å². The minimum atomic E-state index is -0.542. The number of ether oxygens (including phenoxy) is 1. The van der Waals surface area contributed by atoms with E-state index in [4.69, 9.17) is 10.5 Å². The lowest BCUT2D eigenvalue weighted by atomic mass is 9.94. The summed E-state index contributed by atoms with van der Waals surface area (Å²) < 4.78 is 4.76. The molecule has 0 bridgehead atoms. The number of H-pyrrole nitrogens is 1. The lowest BCUT2D eigenvalue weighted by Crippen LogP contribution is -2.08. The van der Waals surface area contributed by atoms with Crippen LogP contribution in [0, 0.1) is 11.3 Å². The van der Waals surface area contributed by atoms with Crippen LogP contribution in [0.4, 0.5) is 5.82 Å². The third kappa shape index (κ3) is 2.02. The zero-order chi connectivity index (χ0) is 15.9. The third-order valence-corrected chi connectivity index (χ3v) is 4.81. The number of thioether (sulfide) groups is 1. The summed E-state index contributed by atoms with van der Waals surface area (Å²) in [5.41, 5.74) is 9.33. The number of pyridine rings is 1. The Bertz CT molecular complexity index is 808. The summed E-state index contributed by atoms with van der Waals surface area (Å²) in [7, 11) is 1.29. The van der Waals surface area contributed by atoms with Gasteiger partial charge in [0.2, 0.25) is 0 Å². The molecule has 1 unspecified atom stereocenters. The number of hydrogen-bond acceptors (Lipinski definition) is 7. The summed E-state index contributed by atoms with van der Waals surface area (Å²) in [5, 5.41) is 16.2. The first-order valence-corrected chi connectivity index (χ1v) is 7.59. The molecule has 0 saturated carbocycles. The van der Waals surface area contributed by atoms with Gasteiger partial charge in [-0.15, -0.1) is 11.8 Å². The summed E-state index contributed by atoms with van der Waals surface area (Å²) in [5.74, 6) is 0.335. The highest BCUT2D eigenvalue weighted by molar-refractivity contribution is 7.99. The zero-order valence-corrected chi connectivity index (χ0v) is 12.8. The second-order valence-electron chi connectivity index (χ2n) is 4.83. The second-order valence-corrected chi connectivity index (χ2v) is 6.16. The molecule has 1 aliphatic rings. The number of anilines is 1. The number of carbonyl (C=O) groups is 1. The molecule has 3 rings (SSSR count). The smallest absolute Gasteiger partial charge is 0.356 e. The highest BCUT2D eigenvalue weighted by Gasteiger charge is 2.30. The first-order chi connectivity index (χ1) is 10.6. The molecule has 1 aliphatic heterocycles. The maximum Gasteiger partial charge on any atom is 0.356 e. The van der Waals surface area contributed by atoms with Crippen molar-refractivity contribution in [2.75, 3.05) is 12.8 Å². The fourth-order valence-corrected chi connectivity index (χ4v) is 3.64. The van der Waals surface area contributed by atoms with Crippen LogP contribution in [0.5, 0.6) is 0 Å². The number of aromatic amines is 1. The lowest BCUT2D eigenvalue weighted by Gasteiger charge is -2.12. The normalized spacial score (nSPS) is 16.1. The van der Waals surface area contributed by atoms with Crippen molar-refractivity contribution in [3.63, 3.8) is 0 Å². The average molecular weight is 315 g/mol. The summed E-state index contributed by atoms with van der Waals surface area (Å²) in [6, 6.07) is 2.09. The van der Waals surface area contributed by atoms with Gasteiger partial charge in [-0.2, -0.15) is 10.4 Å². The van der Waals surface area contributed by atoms with E-state index < -0.39 is 5.97 Å². The van der Waals surface area contributed by atoms with Crippen molar-refractivity contribution >= 4 is 23.5 Å². The quantitative estimate of drug-likeness (QED) is 0.814. The number of aromatic nitrogens is 3. The van der Waals surface area contributed by atoms with Crippen molar-refractivity contribution in [1.82, 2.24) is 15.2 Å². The van der Waals surface area contributed by atoms with Crippen molar-refractivity contribution < 1.29 is 9.53 Å². The predicted molar refractivity (Wildman–Crippen MR) is 82.0 cm³/mol. The first-order valence-electron chi connectivity index (χ1n) is 6.54. The van der Waals surface area contributed by atoms with Gasteiger partial charge < -0.3 is 10.5 Å². The Morgan fingerprint density at radius 2 is 2.41 bits per heavy atom. The number of nitrogens with two attached hydrogens (primary N) is 1. The molecule has 2 aromatic rings. The van der Waals surface area contributed by atoms with Crippen LogP contribution < -0.4 is 5.73 Å². The van der Waals surface area contributed by atoms with Crippen LogP contribution in [-0.4, -0.2) is 28.3 Å². The Kier molecular flexibility index (Phi) is 3.50. The zero-order valence-electron chi connectivity index (χ0n) is 12.0. The Morgan fingerprint density at radius 3 is 3.09 bits per heavy atom. The molecule has 0 fully saturated rings. The van der Waals surface area contributed by atoms with Gasteiger partial charge in [0, 0.05) is 22.1 Å². The van der Waals surface area contributed by atoms with Crippen molar-refractivity contribution in [2.24, 2.45) is 0 Å². The van der Waals surface area contributed by atoms with Crippen LogP contribution in [0.3, 0.4) is 0 Å². The number of nitrogens with zero attached hydrogens (tertiary/aromatic N) is 3. The standard InChI is InChI=1S/C14H13N5O2S/c1-6-11-9(5-22-6)10(7(3-15)13(16)18-11)8-4-17-19-12(8)14(20)21-2/h4,6H,5H2,1-2H3,(H2,16,18)(H,17,19). The number of carbonyl (C=O) groups excluding carboxylic acids is 1. The number of methoxy groups -OCH3 is 1. The fourth-order valence-electron chi connectivity index (χ4n) is 2.57. The topological polar surface area (TPSA) is 118 Å². The summed E-state index contributed by atoms with van der Waals surface area (Å²) in [4.78, 5) is 16.2. The summed E-state index contributed by atoms with van der Waals surface area (Å²) in [6.45, 7) is 2.04. The Morgan fingerprint density at radius 1 is 1.64 bits per heavy atom. The van der Waals surface area contributed by atoms with Crippen LogP contribution in [0.1, 0.15) is 39.5 Å². The summed E-state index contributed by atoms with van der Waals surface area (Å²) >= 11 is 1.71. The van der Waals surface area contributed by atoms with Crippen LogP contribution in [0.15, 0.2) is 6.20 Å². The number of nitrogens with one attached hydrogen (secondary N) is 1. The van der Waals surface area contributed by atoms with Crippen molar-refractivity contribution in [1.29, 1.82) is 5.26 Å². The summed E-state index contributed by atoms with van der Waals surface area (Å²) in [6.07, 6.45) is 1.51. The van der Waals surface area contributed by atoms with Crippen molar-refractivity contribution in [3.8, 4) is 17.2 Å². The van der Waals surface area contributed by atoms with Gasteiger partial charge in [0.15, 0.2) is 5.69 Å². The highest BCUT2D eigenvalue weighted by atomic mass is 32.2. The first kappa shape index (κ1) is 14.4. The van der Waals surface area contributed by atoms with E-state index in [-0.39, 0.29) is 22.3 Å². The monoisotopic (exact) mass is 315 g/mol. The number of rotatable bonds is 2. The highest BCUT2D eigenvalue weighted by Crippen LogP contribution is 2.46. The molecule has 0 aliphatic carbocycles. The van der Waals surface area contributed by atoms with Crippen LogP contribution >= 0.6 is 11.8 Å². The minimum Gasteiger partial charge on any atom is -0.464 e. The van der Waals surface area contributed by atoms with E-state index in [9.17, 15) is 10.1 Å². The van der Waals surface area contributed by atoms with Gasteiger partial charge in [0.05, 0.1) is 19.0 Å². The molecule has 112 valence electrons. The minimum absolute atomic E-state index is 0.169. The largest absolute Gasteiger partial charge is 0.464 e. The molecule has 7 nitrogen and oxygen atoms in total. The molecule has 0 saturated heterocycles. The Balaban J connectivity index is 2.32. The molecule has 1 atom stereocenters. The molecule has 0 radical (unpaired) electrons. The van der Waals surface area contributed by atoms with E-state index in [0.29, 0.717) is 16.9 Å². The Labute approximate surface area is 130 Å². The van der Waals surface area contributed by atoms with E-state index in [0.717, 1.165) is 11.3 Å². The average Bonchev–Trinajstić information content (AvgIpc) is 3.13. The number of hydrogen-bond donors (Lipinski definition) is 2. The second kappa shape index (κ2) is 5.35. The van der Waals surface area contributed by atoms with Gasteiger partial charge in [0.1, 0.15) is 17.5 Å². The van der Waals surface area contributed by atoms with Gasteiger partial charge in [-0.25, -0.2) is 9.78 Å². The number of nitrogen functional groups attached to an aromatic ring is 1. The van der Waals surface area contributed by atoms with Gasteiger partial charge in [-0.3, -0.25) is 5.10 Å². The predicted octanol–water partition coefficient (Wildman–Crippen LogP) is 2.02. The van der Waals surface area contributed by atoms with Crippen LogP contribution in [0.2, 0.25) is 0 Å². The Hall–Kier alpha value is -2.53. The van der Waals surface area contributed by atoms with Crippen molar-refractivity contribution in [3.05, 3.63) is 28.7 Å². The van der Waals surface area contributed by atoms with E-state index in [1.807, 2.05) is 6.92 Å². The van der Waals surface area contributed by atoms with Crippen LogP contribution in [-0.2, 0) is 10.5 Å². The van der Waals surface area contributed by atoms with Crippen LogP contribution in [0.25, 0.3) is 11.1 Å². The molecule has 0 aromatic carbocycles. The molecular weight excluding hydrogens is 302 g/mol. The van der Waals surface area contributed by atoms with E-state index in [1.165, 1.54) is 13.3 Å². The van der Waals surface area contributed by atoms with Gasteiger partial charge in [0.25, 0.3) is 0 Å². The lowest BCUT2D eigenvalue weighted by molar-refractivity contribution is 0.0595. The third-order valence-electron chi connectivity index (χ3n) is 3.63. The van der Waals surface area contributed by atoms with E-state index in [1.54, 1.807) is 11.8 Å². The molecule has 0 amide bonds. The van der Waals surface area contributed by atoms with E-state index >= 15 is 0 Å². The molecular formula is C14H13N5O2S. The van der Waals surface area contributed by atoms with Gasteiger partial charge >= 0.3 is 5.97 Å². The fraction of sp³-hybridized carbons (Fsp3) is 0.286.